The molecule has 0 unspecified atom stereocenters. The van der Waals surface area contributed by atoms with Crippen LogP contribution in [0.25, 0.3) is 10.9 Å². The van der Waals surface area contributed by atoms with Crippen LogP contribution in [0.4, 0.5) is 11.4 Å². The fraction of sp³-hybridized carbons (Fsp3) is 0.438. The Morgan fingerprint density at radius 3 is 2.81 bits per heavy atom. The Kier molecular flexibility index (Phi) is 2.64. The van der Waals surface area contributed by atoms with Gasteiger partial charge in [0.2, 0.25) is 0 Å². The van der Waals surface area contributed by atoms with E-state index in [0.717, 1.165) is 18.2 Å². The van der Waals surface area contributed by atoms with Gasteiger partial charge in [-0.05, 0) is 55.2 Å². The van der Waals surface area contributed by atoms with Gasteiger partial charge >= 0.3 is 0 Å². The maximum Gasteiger partial charge on any atom is 0.278 e. The van der Waals surface area contributed by atoms with Gasteiger partial charge in [-0.2, -0.15) is 0 Å². The summed E-state index contributed by atoms with van der Waals surface area (Å²) in [4.78, 5) is 15.1. The van der Waals surface area contributed by atoms with Crippen LogP contribution in [0.15, 0.2) is 30.5 Å². The van der Waals surface area contributed by atoms with E-state index in [0.29, 0.717) is 16.3 Å². The van der Waals surface area contributed by atoms with E-state index in [1.165, 1.54) is 25.7 Å². The highest BCUT2D eigenvalue weighted by Crippen LogP contribution is 2.61. The second-order valence-electron chi connectivity index (χ2n) is 6.28. The van der Waals surface area contributed by atoms with Gasteiger partial charge in [-0.25, -0.2) is 0 Å². The van der Waals surface area contributed by atoms with E-state index < -0.39 is 0 Å². The van der Waals surface area contributed by atoms with Crippen LogP contribution in [-0.4, -0.2) is 16.5 Å². The van der Waals surface area contributed by atoms with Gasteiger partial charge in [-0.15, -0.1) is 0 Å². The summed E-state index contributed by atoms with van der Waals surface area (Å²) in [6, 6.07) is 6.87. The quantitative estimate of drug-likeness (QED) is 0.670. The first-order valence-electron chi connectivity index (χ1n) is 7.46. The molecule has 0 spiro atoms. The highest BCUT2D eigenvalue weighted by Gasteiger charge is 2.53. The number of hydrogen-bond acceptors (Lipinski definition) is 4. The molecule has 0 amide bonds. The van der Waals surface area contributed by atoms with Crippen LogP contribution in [0.3, 0.4) is 0 Å². The zero-order valence-corrected chi connectivity index (χ0v) is 11.7. The number of aromatic nitrogens is 1. The van der Waals surface area contributed by atoms with Gasteiger partial charge in [0.25, 0.3) is 5.69 Å². The van der Waals surface area contributed by atoms with Crippen LogP contribution in [0.2, 0.25) is 0 Å². The predicted molar refractivity (Wildman–Crippen MR) is 81.3 cm³/mol. The molecule has 2 aromatic rings. The van der Waals surface area contributed by atoms with Crippen LogP contribution in [0.5, 0.6) is 0 Å². The fourth-order valence-corrected chi connectivity index (χ4v) is 3.32. The molecule has 5 heteroatoms. The molecular weight excluding hydrogens is 266 g/mol. The van der Waals surface area contributed by atoms with Crippen molar-refractivity contribution in [1.29, 1.82) is 0 Å². The summed E-state index contributed by atoms with van der Waals surface area (Å²) >= 11 is 0. The molecular formula is C16H17N3O2. The lowest BCUT2D eigenvalue weighted by molar-refractivity contribution is -0.383. The number of nitrogens with one attached hydrogen (secondary N) is 1. The second kappa shape index (κ2) is 4.41. The Balaban J connectivity index is 1.66. The third kappa shape index (κ3) is 2.13. The average molecular weight is 283 g/mol. The van der Waals surface area contributed by atoms with E-state index in [1.807, 2.05) is 0 Å². The first kappa shape index (κ1) is 12.6. The molecule has 1 aromatic heterocycles. The number of rotatable bonds is 5. The number of benzene rings is 1. The van der Waals surface area contributed by atoms with Gasteiger partial charge in [0.15, 0.2) is 0 Å². The molecule has 4 rings (SSSR count). The first-order chi connectivity index (χ1) is 10.2. The van der Waals surface area contributed by atoms with Gasteiger partial charge in [-0.1, -0.05) is 0 Å². The van der Waals surface area contributed by atoms with Crippen molar-refractivity contribution in [2.45, 2.75) is 25.7 Å². The van der Waals surface area contributed by atoms with Crippen LogP contribution in [0, 0.1) is 21.4 Å². The summed E-state index contributed by atoms with van der Waals surface area (Å²) in [7, 11) is 0. The molecule has 2 fully saturated rings. The van der Waals surface area contributed by atoms with E-state index >= 15 is 0 Å². The van der Waals surface area contributed by atoms with Crippen molar-refractivity contribution in [1.82, 2.24) is 4.98 Å². The normalized spacial score (nSPS) is 19.4. The van der Waals surface area contributed by atoms with Crippen LogP contribution >= 0.6 is 0 Å². The van der Waals surface area contributed by atoms with Crippen molar-refractivity contribution in [3.8, 4) is 0 Å². The van der Waals surface area contributed by atoms with Gasteiger partial charge < -0.3 is 5.32 Å². The van der Waals surface area contributed by atoms with E-state index in [4.69, 9.17) is 0 Å². The third-order valence-electron chi connectivity index (χ3n) is 4.91. The maximum atomic E-state index is 11.1. The molecule has 2 saturated carbocycles. The highest BCUT2D eigenvalue weighted by molar-refractivity contribution is 5.96. The molecule has 1 N–H and O–H groups in total. The van der Waals surface area contributed by atoms with Gasteiger partial charge in [0, 0.05) is 18.8 Å². The summed E-state index contributed by atoms with van der Waals surface area (Å²) < 4.78 is 0. The van der Waals surface area contributed by atoms with Crippen LogP contribution in [-0.2, 0) is 0 Å². The van der Waals surface area contributed by atoms with E-state index in [1.54, 1.807) is 30.5 Å². The summed E-state index contributed by atoms with van der Waals surface area (Å²) in [5.41, 5.74) is 2.21. The molecule has 0 atom stereocenters. The number of anilines is 1. The van der Waals surface area contributed by atoms with Gasteiger partial charge in [-0.3, -0.25) is 15.1 Å². The predicted octanol–water partition coefficient (Wildman–Crippen LogP) is 3.75. The SMILES string of the molecule is O=[N+]([O-])c1ccc(NCC2(C3CC3)CC2)c2ncccc12. The van der Waals surface area contributed by atoms with Crippen molar-refractivity contribution in [2.24, 2.45) is 11.3 Å². The Morgan fingerprint density at radius 1 is 1.33 bits per heavy atom. The van der Waals surface area contributed by atoms with Crippen molar-refractivity contribution in [3.63, 3.8) is 0 Å². The third-order valence-corrected chi connectivity index (χ3v) is 4.91. The summed E-state index contributed by atoms with van der Waals surface area (Å²) in [6.07, 6.45) is 7.03. The molecule has 1 aromatic carbocycles. The molecule has 21 heavy (non-hydrogen) atoms. The monoisotopic (exact) mass is 283 g/mol. The van der Waals surface area contributed by atoms with E-state index in [9.17, 15) is 10.1 Å². The Hall–Kier alpha value is -2.17. The minimum absolute atomic E-state index is 0.118. The second-order valence-corrected chi connectivity index (χ2v) is 6.28. The Bertz CT molecular complexity index is 721. The molecule has 0 aliphatic heterocycles. The smallest absolute Gasteiger partial charge is 0.278 e. The lowest BCUT2D eigenvalue weighted by Gasteiger charge is -2.16. The zero-order valence-electron chi connectivity index (χ0n) is 11.7. The lowest BCUT2D eigenvalue weighted by atomic mass is 10.0. The molecule has 0 saturated heterocycles. The molecule has 0 radical (unpaired) electrons. The molecule has 2 aliphatic rings. The lowest BCUT2D eigenvalue weighted by Crippen LogP contribution is -2.17. The van der Waals surface area contributed by atoms with Gasteiger partial charge in [0.05, 0.1) is 16.0 Å². The van der Waals surface area contributed by atoms with Crippen molar-refractivity contribution >= 4 is 22.3 Å². The topological polar surface area (TPSA) is 68.1 Å². The summed E-state index contributed by atoms with van der Waals surface area (Å²) in [5, 5.41) is 15.2. The summed E-state index contributed by atoms with van der Waals surface area (Å²) in [6.45, 7) is 0.959. The van der Waals surface area contributed by atoms with Gasteiger partial charge in [0.1, 0.15) is 5.52 Å². The molecule has 0 bridgehead atoms. The average Bonchev–Trinajstić information content (AvgIpc) is 3.37. The van der Waals surface area contributed by atoms with Crippen molar-refractivity contribution in [3.05, 3.63) is 40.6 Å². The summed E-state index contributed by atoms with van der Waals surface area (Å²) in [5.74, 6) is 0.891. The van der Waals surface area contributed by atoms with E-state index in [2.05, 4.69) is 10.3 Å². The minimum atomic E-state index is -0.347. The minimum Gasteiger partial charge on any atom is -0.383 e. The number of fused-ring (bicyclic) bond motifs is 1. The number of hydrogen-bond donors (Lipinski definition) is 1. The number of nitro benzene ring substituents is 1. The maximum absolute atomic E-state index is 11.1. The molecule has 1 heterocycles. The number of non-ortho nitro benzene ring substituents is 1. The molecule has 108 valence electrons. The number of pyridine rings is 1. The Labute approximate surface area is 122 Å². The first-order valence-corrected chi connectivity index (χ1v) is 7.46. The van der Waals surface area contributed by atoms with E-state index in [-0.39, 0.29) is 10.6 Å². The van der Waals surface area contributed by atoms with Crippen LogP contribution < -0.4 is 5.32 Å². The largest absolute Gasteiger partial charge is 0.383 e. The van der Waals surface area contributed by atoms with Crippen molar-refractivity contribution < 1.29 is 4.92 Å². The van der Waals surface area contributed by atoms with Crippen molar-refractivity contribution in [2.75, 3.05) is 11.9 Å². The zero-order chi connectivity index (χ0) is 14.4. The number of nitrogens with zero attached hydrogens (tertiary/aromatic N) is 2. The van der Waals surface area contributed by atoms with Crippen LogP contribution in [0.1, 0.15) is 25.7 Å². The fourth-order valence-electron chi connectivity index (χ4n) is 3.32. The number of nitro groups is 1. The molecule has 2 aliphatic carbocycles. The standard InChI is InChI=1S/C16H17N3O2/c20-19(21)14-6-5-13(15-12(14)2-1-9-17-15)18-10-16(7-8-16)11-3-4-11/h1-2,5-6,9,11,18H,3-4,7-8,10H2. The molecule has 5 nitrogen and oxygen atoms in total. The highest BCUT2D eigenvalue weighted by atomic mass is 16.6. The Morgan fingerprint density at radius 2 is 2.14 bits per heavy atom.